The molecule has 2 heterocycles. The molecule has 1 saturated heterocycles. The lowest BCUT2D eigenvalue weighted by Gasteiger charge is -2.34. The number of nitrogens with two attached hydrogens (primary N) is 1. The first-order valence-corrected chi connectivity index (χ1v) is 8.07. The number of sulfonamides is 1. The van der Waals surface area contributed by atoms with E-state index in [1.165, 1.54) is 4.31 Å². The molecular formula is C10H15ClN2O2S2. The maximum Gasteiger partial charge on any atom is 0.252 e. The molecule has 0 aliphatic carbocycles. The molecule has 0 saturated carbocycles. The molecule has 2 rings (SSSR count). The molecule has 0 aromatic carbocycles. The molecule has 4 nitrogen and oxygen atoms in total. The van der Waals surface area contributed by atoms with E-state index in [2.05, 4.69) is 0 Å². The monoisotopic (exact) mass is 294 g/mol. The van der Waals surface area contributed by atoms with E-state index in [0.29, 0.717) is 27.9 Å². The van der Waals surface area contributed by atoms with Crippen LogP contribution in [0.15, 0.2) is 16.3 Å². The quantitative estimate of drug-likeness (QED) is 0.906. The average Bonchev–Trinajstić information content (AvgIpc) is 2.64. The van der Waals surface area contributed by atoms with Crippen LogP contribution in [0.2, 0.25) is 4.34 Å². The van der Waals surface area contributed by atoms with Crippen molar-refractivity contribution in [3.63, 3.8) is 0 Å². The Balaban J connectivity index is 2.27. The summed E-state index contributed by atoms with van der Waals surface area (Å²) in [5, 5.41) is 0. The fourth-order valence-electron chi connectivity index (χ4n) is 2.10. The van der Waals surface area contributed by atoms with Gasteiger partial charge in [0.25, 0.3) is 10.0 Å². The molecule has 1 aliphatic heterocycles. The molecule has 0 radical (unpaired) electrons. The van der Waals surface area contributed by atoms with Crippen molar-refractivity contribution in [1.29, 1.82) is 0 Å². The van der Waals surface area contributed by atoms with Crippen LogP contribution in [0.1, 0.15) is 19.8 Å². The van der Waals surface area contributed by atoms with E-state index in [1.54, 1.807) is 12.1 Å². The maximum atomic E-state index is 12.4. The van der Waals surface area contributed by atoms with Crippen molar-refractivity contribution in [3.05, 3.63) is 16.5 Å². The van der Waals surface area contributed by atoms with Crippen LogP contribution in [0, 0.1) is 0 Å². The van der Waals surface area contributed by atoms with Gasteiger partial charge >= 0.3 is 0 Å². The van der Waals surface area contributed by atoms with Gasteiger partial charge in [0.05, 0.1) is 4.34 Å². The Labute approximate surface area is 110 Å². The van der Waals surface area contributed by atoms with Gasteiger partial charge in [0.2, 0.25) is 0 Å². The lowest BCUT2D eigenvalue weighted by molar-refractivity contribution is 0.247. The van der Waals surface area contributed by atoms with Crippen molar-refractivity contribution in [3.8, 4) is 0 Å². The predicted molar refractivity (Wildman–Crippen MR) is 69.9 cm³/mol. The SMILES string of the molecule is CC1CC(N)CCN1S(=O)(=O)c1ccc(Cl)s1. The van der Waals surface area contributed by atoms with E-state index in [0.717, 1.165) is 11.3 Å². The highest BCUT2D eigenvalue weighted by molar-refractivity contribution is 7.91. The molecule has 2 atom stereocenters. The second-order valence-electron chi connectivity index (χ2n) is 4.31. The molecule has 96 valence electrons. The van der Waals surface area contributed by atoms with Gasteiger partial charge in [-0.25, -0.2) is 8.42 Å². The second kappa shape index (κ2) is 4.85. The number of halogens is 1. The van der Waals surface area contributed by atoms with E-state index in [1.807, 2.05) is 6.92 Å². The van der Waals surface area contributed by atoms with Gasteiger partial charge in [-0.1, -0.05) is 11.6 Å². The van der Waals surface area contributed by atoms with Crippen LogP contribution in [0.4, 0.5) is 0 Å². The van der Waals surface area contributed by atoms with Gasteiger partial charge in [0.15, 0.2) is 0 Å². The summed E-state index contributed by atoms with van der Waals surface area (Å²) in [4.78, 5) is 0. The minimum atomic E-state index is -3.40. The van der Waals surface area contributed by atoms with Crippen LogP contribution < -0.4 is 5.73 Å². The summed E-state index contributed by atoms with van der Waals surface area (Å²) in [5.74, 6) is 0. The Morgan fingerprint density at radius 2 is 2.24 bits per heavy atom. The standard InChI is InChI=1S/C10H15ClN2O2S2/c1-7-6-8(12)4-5-13(7)17(14,15)10-3-2-9(11)16-10/h2-3,7-8H,4-6,12H2,1H3. The lowest BCUT2D eigenvalue weighted by atomic mass is 10.0. The van der Waals surface area contributed by atoms with Gasteiger partial charge in [-0.15, -0.1) is 11.3 Å². The summed E-state index contributed by atoms with van der Waals surface area (Å²) in [6, 6.07) is 3.22. The van der Waals surface area contributed by atoms with E-state index in [9.17, 15) is 8.42 Å². The number of nitrogens with zero attached hydrogens (tertiary/aromatic N) is 1. The average molecular weight is 295 g/mol. The Kier molecular flexibility index (Phi) is 3.80. The third-order valence-corrected chi connectivity index (χ3v) is 6.68. The Morgan fingerprint density at radius 3 is 2.76 bits per heavy atom. The van der Waals surface area contributed by atoms with Crippen molar-refractivity contribution in [2.45, 2.75) is 36.1 Å². The molecule has 0 spiro atoms. The Morgan fingerprint density at radius 1 is 1.53 bits per heavy atom. The summed E-state index contributed by atoms with van der Waals surface area (Å²) in [7, 11) is -3.40. The number of piperidine rings is 1. The van der Waals surface area contributed by atoms with Crippen molar-refractivity contribution >= 4 is 33.0 Å². The normalized spacial score (nSPS) is 27.2. The van der Waals surface area contributed by atoms with E-state index in [-0.39, 0.29) is 12.1 Å². The fourth-order valence-corrected chi connectivity index (χ4v) is 5.36. The van der Waals surface area contributed by atoms with Gasteiger partial charge < -0.3 is 5.73 Å². The molecule has 2 N–H and O–H groups in total. The van der Waals surface area contributed by atoms with Gasteiger partial charge in [0, 0.05) is 18.6 Å². The highest BCUT2D eigenvalue weighted by Gasteiger charge is 2.34. The van der Waals surface area contributed by atoms with Gasteiger partial charge in [0.1, 0.15) is 4.21 Å². The Hall–Kier alpha value is -0.140. The number of hydrogen-bond donors (Lipinski definition) is 1. The fraction of sp³-hybridized carbons (Fsp3) is 0.600. The first-order valence-electron chi connectivity index (χ1n) is 5.44. The molecule has 1 aromatic heterocycles. The largest absolute Gasteiger partial charge is 0.328 e. The molecule has 0 bridgehead atoms. The Bertz CT molecular complexity index is 500. The molecular weight excluding hydrogens is 280 g/mol. The molecule has 2 unspecified atom stereocenters. The summed E-state index contributed by atoms with van der Waals surface area (Å²) in [6.07, 6.45) is 1.42. The zero-order chi connectivity index (χ0) is 12.6. The maximum absolute atomic E-state index is 12.4. The number of thiophene rings is 1. The van der Waals surface area contributed by atoms with Gasteiger partial charge in [-0.3, -0.25) is 0 Å². The van der Waals surface area contributed by atoms with E-state index in [4.69, 9.17) is 17.3 Å². The summed E-state index contributed by atoms with van der Waals surface area (Å²) < 4.78 is 27.0. The minimum absolute atomic E-state index is 0.0513. The topological polar surface area (TPSA) is 63.4 Å². The predicted octanol–water partition coefficient (Wildman–Crippen LogP) is 1.90. The third kappa shape index (κ3) is 2.66. The zero-order valence-corrected chi connectivity index (χ0v) is 11.9. The smallest absolute Gasteiger partial charge is 0.252 e. The second-order valence-corrected chi connectivity index (χ2v) is 8.14. The number of hydrogen-bond acceptors (Lipinski definition) is 4. The molecule has 1 aromatic rings. The highest BCUT2D eigenvalue weighted by Crippen LogP contribution is 2.31. The van der Waals surface area contributed by atoms with Crippen molar-refractivity contribution in [2.24, 2.45) is 5.73 Å². The summed E-state index contributed by atoms with van der Waals surface area (Å²) in [5.41, 5.74) is 5.83. The van der Waals surface area contributed by atoms with Crippen molar-refractivity contribution in [1.82, 2.24) is 4.31 Å². The highest BCUT2D eigenvalue weighted by atomic mass is 35.5. The van der Waals surface area contributed by atoms with Crippen LogP contribution in [0.25, 0.3) is 0 Å². The molecule has 0 amide bonds. The first kappa shape index (κ1) is 13.3. The number of rotatable bonds is 2. The molecule has 17 heavy (non-hydrogen) atoms. The zero-order valence-electron chi connectivity index (χ0n) is 9.47. The van der Waals surface area contributed by atoms with Crippen LogP contribution in [-0.4, -0.2) is 31.4 Å². The van der Waals surface area contributed by atoms with Crippen LogP contribution in [-0.2, 0) is 10.0 Å². The third-order valence-electron chi connectivity index (χ3n) is 2.97. The van der Waals surface area contributed by atoms with Gasteiger partial charge in [-0.05, 0) is 31.9 Å². The lowest BCUT2D eigenvalue weighted by Crippen LogP contribution is -2.48. The molecule has 7 heteroatoms. The van der Waals surface area contributed by atoms with Crippen LogP contribution in [0.5, 0.6) is 0 Å². The summed E-state index contributed by atoms with van der Waals surface area (Å²) >= 11 is 6.88. The molecule has 1 fully saturated rings. The van der Waals surface area contributed by atoms with Crippen LogP contribution in [0.3, 0.4) is 0 Å². The van der Waals surface area contributed by atoms with E-state index < -0.39 is 10.0 Å². The van der Waals surface area contributed by atoms with Crippen LogP contribution >= 0.6 is 22.9 Å². The van der Waals surface area contributed by atoms with E-state index >= 15 is 0 Å². The van der Waals surface area contributed by atoms with Gasteiger partial charge in [-0.2, -0.15) is 4.31 Å². The van der Waals surface area contributed by atoms with Crippen molar-refractivity contribution < 1.29 is 8.42 Å². The summed E-state index contributed by atoms with van der Waals surface area (Å²) in [6.45, 7) is 2.38. The first-order chi connectivity index (χ1) is 7.91. The van der Waals surface area contributed by atoms with Crippen molar-refractivity contribution in [2.75, 3.05) is 6.54 Å². The minimum Gasteiger partial charge on any atom is -0.328 e. The molecule has 1 aliphatic rings.